The number of ether oxygens (including phenoxy) is 1. The molecule has 0 spiro atoms. The molecule has 1 N–H and O–H groups in total. The van der Waals surface area contributed by atoms with Gasteiger partial charge >= 0.3 is 5.97 Å². The number of esters is 1. The normalized spacial score (nSPS) is 33.4. The zero-order valence-electron chi connectivity index (χ0n) is 8.66. The molecule has 0 amide bonds. The number of hydrogen-bond acceptors (Lipinski definition) is 4. The maximum absolute atomic E-state index is 11.4. The molecule has 0 aromatic carbocycles. The van der Waals surface area contributed by atoms with Crippen LogP contribution >= 0.6 is 0 Å². The molecular weight excluding hydrogens is 180 g/mol. The van der Waals surface area contributed by atoms with Crippen LogP contribution in [0.3, 0.4) is 0 Å². The van der Waals surface area contributed by atoms with Gasteiger partial charge in [0.25, 0.3) is 0 Å². The summed E-state index contributed by atoms with van der Waals surface area (Å²) in [5, 5.41) is 3.36. The Kier molecular flexibility index (Phi) is 3.03. The second-order valence-electron chi connectivity index (χ2n) is 4.14. The Morgan fingerprint density at radius 2 is 2.36 bits per heavy atom. The number of piperidine rings is 1. The zero-order valence-corrected chi connectivity index (χ0v) is 8.66. The van der Waals surface area contributed by atoms with Gasteiger partial charge in [0.2, 0.25) is 0 Å². The first-order chi connectivity index (χ1) is 6.79. The van der Waals surface area contributed by atoms with E-state index in [0.717, 1.165) is 19.5 Å². The van der Waals surface area contributed by atoms with Crippen molar-refractivity contribution in [2.75, 3.05) is 26.7 Å². The third kappa shape index (κ3) is 1.91. The monoisotopic (exact) mass is 198 g/mol. The SMILES string of the molecule is CN(C1CCCNC1)C1CCOC1=O. The maximum Gasteiger partial charge on any atom is 0.323 e. The van der Waals surface area contributed by atoms with Crippen LogP contribution in [0, 0.1) is 0 Å². The molecule has 14 heavy (non-hydrogen) atoms. The Labute approximate surface area is 84.6 Å². The quantitative estimate of drug-likeness (QED) is 0.633. The maximum atomic E-state index is 11.4. The zero-order chi connectivity index (χ0) is 9.97. The van der Waals surface area contributed by atoms with Crippen LogP contribution in [0.4, 0.5) is 0 Å². The van der Waals surface area contributed by atoms with Gasteiger partial charge in [0.1, 0.15) is 6.04 Å². The molecule has 0 aromatic rings. The second kappa shape index (κ2) is 4.28. The van der Waals surface area contributed by atoms with Gasteiger partial charge in [-0.05, 0) is 26.4 Å². The van der Waals surface area contributed by atoms with Crippen molar-refractivity contribution in [3.8, 4) is 0 Å². The topological polar surface area (TPSA) is 41.6 Å². The van der Waals surface area contributed by atoms with Gasteiger partial charge in [-0.1, -0.05) is 0 Å². The summed E-state index contributed by atoms with van der Waals surface area (Å²) in [4.78, 5) is 13.6. The summed E-state index contributed by atoms with van der Waals surface area (Å²) in [5.41, 5.74) is 0. The molecule has 2 atom stereocenters. The summed E-state index contributed by atoms with van der Waals surface area (Å²) in [5.74, 6) is -0.0435. The van der Waals surface area contributed by atoms with Crippen LogP contribution in [0.25, 0.3) is 0 Å². The molecule has 4 heteroatoms. The van der Waals surface area contributed by atoms with Gasteiger partial charge in [0.05, 0.1) is 6.61 Å². The smallest absolute Gasteiger partial charge is 0.323 e. The van der Waals surface area contributed by atoms with Crippen molar-refractivity contribution in [3.63, 3.8) is 0 Å². The van der Waals surface area contributed by atoms with Crippen molar-refractivity contribution in [1.82, 2.24) is 10.2 Å². The van der Waals surface area contributed by atoms with Crippen molar-refractivity contribution < 1.29 is 9.53 Å². The molecule has 0 bridgehead atoms. The minimum atomic E-state index is -0.0435. The minimum Gasteiger partial charge on any atom is -0.464 e. The Balaban J connectivity index is 1.92. The number of rotatable bonds is 2. The summed E-state index contributed by atoms with van der Waals surface area (Å²) in [6.45, 7) is 2.70. The van der Waals surface area contributed by atoms with Gasteiger partial charge in [-0.25, -0.2) is 0 Å². The van der Waals surface area contributed by atoms with Crippen molar-refractivity contribution >= 4 is 5.97 Å². The molecule has 0 aromatic heterocycles. The summed E-state index contributed by atoms with van der Waals surface area (Å²) < 4.78 is 4.98. The predicted molar refractivity (Wildman–Crippen MR) is 53.0 cm³/mol. The van der Waals surface area contributed by atoms with Crippen LogP contribution in [0.2, 0.25) is 0 Å². The summed E-state index contributed by atoms with van der Waals surface area (Å²) in [7, 11) is 2.04. The van der Waals surface area contributed by atoms with E-state index in [1.54, 1.807) is 0 Å². The van der Waals surface area contributed by atoms with Gasteiger partial charge in [-0.2, -0.15) is 0 Å². The fraction of sp³-hybridized carbons (Fsp3) is 0.900. The molecule has 80 valence electrons. The first kappa shape index (κ1) is 9.93. The van der Waals surface area contributed by atoms with E-state index in [2.05, 4.69) is 10.2 Å². The predicted octanol–water partition coefficient (Wildman–Crippen LogP) is -0.0143. The van der Waals surface area contributed by atoms with Crippen LogP contribution in [-0.4, -0.2) is 49.7 Å². The van der Waals surface area contributed by atoms with Crippen LogP contribution in [-0.2, 0) is 9.53 Å². The Morgan fingerprint density at radius 3 is 2.93 bits per heavy atom. The number of nitrogens with one attached hydrogen (secondary N) is 1. The standard InChI is InChI=1S/C10H18N2O2/c1-12(8-3-2-5-11-7-8)9-4-6-14-10(9)13/h8-9,11H,2-7H2,1H3. The van der Waals surface area contributed by atoms with E-state index < -0.39 is 0 Å². The van der Waals surface area contributed by atoms with Crippen LogP contribution in [0.15, 0.2) is 0 Å². The first-order valence-electron chi connectivity index (χ1n) is 5.38. The van der Waals surface area contributed by atoms with Crippen LogP contribution in [0.5, 0.6) is 0 Å². The third-order valence-corrected chi connectivity index (χ3v) is 3.25. The molecule has 4 nitrogen and oxygen atoms in total. The lowest BCUT2D eigenvalue weighted by Crippen LogP contribution is -2.49. The fourth-order valence-corrected chi connectivity index (χ4v) is 2.29. The number of cyclic esters (lactones) is 1. The molecule has 0 radical (unpaired) electrons. The molecule has 2 aliphatic heterocycles. The number of carbonyl (C=O) groups is 1. The lowest BCUT2D eigenvalue weighted by molar-refractivity contribution is -0.142. The van der Waals surface area contributed by atoms with Gasteiger partial charge in [-0.3, -0.25) is 9.69 Å². The number of nitrogens with zero attached hydrogens (tertiary/aromatic N) is 1. The average Bonchev–Trinajstić information content (AvgIpc) is 2.65. The third-order valence-electron chi connectivity index (χ3n) is 3.25. The highest BCUT2D eigenvalue weighted by Gasteiger charge is 2.34. The van der Waals surface area contributed by atoms with Gasteiger partial charge in [0.15, 0.2) is 0 Å². The largest absolute Gasteiger partial charge is 0.464 e. The molecule has 0 aliphatic carbocycles. The molecule has 2 aliphatic rings. The summed E-state index contributed by atoms with van der Waals surface area (Å²) >= 11 is 0. The van der Waals surface area contributed by atoms with E-state index in [-0.39, 0.29) is 12.0 Å². The minimum absolute atomic E-state index is 0.0000926. The van der Waals surface area contributed by atoms with E-state index >= 15 is 0 Å². The van der Waals surface area contributed by atoms with E-state index in [9.17, 15) is 4.79 Å². The van der Waals surface area contributed by atoms with Crippen LogP contribution in [0.1, 0.15) is 19.3 Å². The van der Waals surface area contributed by atoms with E-state index in [1.807, 2.05) is 7.05 Å². The number of likely N-dealkylation sites (N-methyl/N-ethyl adjacent to an activating group) is 1. The van der Waals surface area contributed by atoms with Gasteiger partial charge in [0, 0.05) is 19.0 Å². The Bertz CT molecular complexity index is 214. The molecular formula is C10H18N2O2. The van der Waals surface area contributed by atoms with E-state index in [0.29, 0.717) is 12.6 Å². The highest BCUT2D eigenvalue weighted by molar-refractivity contribution is 5.77. The molecule has 0 saturated carbocycles. The summed E-state index contributed by atoms with van der Waals surface area (Å²) in [6.07, 6.45) is 3.25. The number of carbonyl (C=O) groups excluding carboxylic acids is 1. The second-order valence-corrected chi connectivity index (χ2v) is 4.14. The van der Waals surface area contributed by atoms with Crippen LogP contribution < -0.4 is 5.32 Å². The highest BCUT2D eigenvalue weighted by Crippen LogP contribution is 2.18. The fourth-order valence-electron chi connectivity index (χ4n) is 2.29. The molecule has 2 unspecified atom stereocenters. The molecule has 2 saturated heterocycles. The van der Waals surface area contributed by atoms with Gasteiger partial charge in [-0.15, -0.1) is 0 Å². The summed E-state index contributed by atoms with van der Waals surface area (Å²) in [6, 6.07) is 0.499. The molecule has 2 rings (SSSR count). The van der Waals surface area contributed by atoms with Crippen molar-refractivity contribution in [2.45, 2.75) is 31.3 Å². The number of hydrogen-bond donors (Lipinski definition) is 1. The highest BCUT2D eigenvalue weighted by atomic mass is 16.5. The lowest BCUT2D eigenvalue weighted by Gasteiger charge is -2.33. The van der Waals surface area contributed by atoms with Crippen molar-refractivity contribution in [2.24, 2.45) is 0 Å². The average molecular weight is 198 g/mol. The Morgan fingerprint density at radius 1 is 1.50 bits per heavy atom. The molecule has 2 heterocycles. The lowest BCUT2D eigenvalue weighted by atomic mass is 10.0. The van der Waals surface area contributed by atoms with E-state index in [1.165, 1.54) is 12.8 Å². The van der Waals surface area contributed by atoms with Gasteiger partial charge < -0.3 is 10.1 Å². The molecule has 2 fully saturated rings. The first-order valence-corrected chi connectivity index (χ1v) is 5.38. The Hall–Kier alpha value is -0.610. The van der Waals surface area contributed by atoms with Crippen molar-refractivity contribution in [1.29, 1.82) is 0 Å². The van der Waals surface area contributed by atoms with Crippen molar-refractivity contribution in [3.05, 3.63) is 0 Å². The van der Waals surface area contributed by atoms with E-state index in [4.69, 9.17) is 4.74 Å².